The Kier molecular flexibility index (Phi) is 34.9. The molecule has 562 valence electrons. The van der Waals surface area contributed by atoms with Crippen LogP contribution >= 0.6 is 0 Å². The molecule has 8 rings (SSSR count). The first-order valence-corrected chi connectivity index (χ1v) is 31.8. The van der Waals surface area contributed by atoms with E-state index in [2.05, 4.69) is 20.9 Å². The van der Waals surface area contributed by atoms with Crippen molar-refractivity contribution < 1.29 is 169 Å². The van der Waals surface area contributed by atoms with Gasteiger partial charge in [0, 0.05) is 39.0 Å². The van der Waals surface area contributed by atoms with Gasteiger partial charge in [0.1, 0.15) is 136 Å². The molecule has 27 atom stereocenters. The maximum absolute atomic E-state index is 13.3. The van der Waals surface area contributed by atoms with Crippen molar-refractivity contribution in [2.24, 2.45) is 0 Å². The Hall–Kier alpha value is -3.91. The maximum Gasteiger partial charge on any atom is 0.225 e. The second kappa shape index (κ2) is 41.3. The first-order valence-electron chi connectivity index (χ1n) is 31.8. The average molecular weight is 1430 g/mol. The lowest BCUT2D eigenvalue weighted by atomic mass is 10.1. The van der Waals surface area contributed by atoms with Gasteiger partial charge in [-0.3, -0.25) is 14.4 Å². The van der Waals surface area contributed by atoms with Crippen LogP contribution in [0.1, 0.15) is 82.6 Å². The summed E-state index contributed by atoms with van der Waals surface area (Å²) in [6.07, 6.45) is -35.4. The fourth-order valence-corrected chi connectivity index (χ4v) is 11.0. The van der Waals surface area contributed by atoms with Gasteiger partial charge in [-0.2, -0.15) is 0 Å². The van der Waals surface area contributed by atoms with Gasteiger partial charge in [0.25, 0.3) is 0 Å². The molecule has 7 aliphatic rings. The lowest BCUT2D eigenvalue weighted by Gasteiger charge is -2.30. The summed E-state index contributed by atoms with van der Waals surface area (Å²) in [7, 11) is 0. The minimum Gasteiger partial charge on any atom is -0.394 e. The number of aliphatic hydroxyl groups is 14. The summed E-state index contributed by atoms with van der Waals surface area (Å²) in [5.74, 6) is -0.802. The Bertz CT molecular complexity index is 2440. The van der Waals surface area contributed by atoms with Crippen LogP contribution in [-0.4, -0.2) is 349 Å². The quantitative estimate of drug-likeness (QED) is 0.0167. The van der Waals surface area contributed by atoms with Gasteiger partial charge in [-0.25, -0.2) is 31.0 Å². The van der Waals surface area contributed by atoms with Crippen LogP contribution in [-0.2, 0) is 77.8 Å². The van der Waals surface area contributed by atoms with Crippen LogP contribution in [0, 0.1) is 0 Å². The van der Waals surface area contributed by atoms with Crippen LogP contribution in [0.25, 0.3) is 0 Å². The number of aromatic nitrogens is 3. The Morgan fingerprint density at radius 1 is 0.526 bits per heavy atom. The summed E-state index contributed by atoms with van der Waals surface area (Å²) >= 11 is 0. The number of hydrogen-bond donors (Lipinski definition) is 16. The molecule has 35 nitrogen and oxygen atoms in total. The summed E-state index contributed by atoms with van der Waals surface area (Å²) in [5.41, 5.74) is 0.260. The fourth-order valence-electron chi connectivity index (χ4n) is 11.0. The zero-order valence-electron chi connectivity index (χ0n) is 52.6. The zero-order chi connectivity index (χ0) is 71.0. The van der Waals surface area contributed by atoms with Gasteiger partial charge < -0.3 is 144 Å². The smallest absolute Gasteiger partial charge is 0.225 e. The standard InChI is InChI=1S/C48H79F2N5O27.C6H9F2NO.C2H4F2O/c49-12-28(50)55-14-21(53-54-55)13-52-30(61)9-7-8-29(60)51-10-5-3-1-2-4-6-11-71-43-36(67)33(64)26(78-43)19-72-44-39(70)40(80-48-42(35(66)25(18-59)77-48)82-46-38(69)32(63)23(16-57)75-46)27(79-44)20-73-47-41(34(65)24(17-58)76-47)81-45-37(68)31(62)22(15-56)74-45;7-4-5(8)9-3-1-2-6(9)10;3-1-2(4)5/h14,22-28,31-48,56-59,62-70H,1-13,15-20H2,(H,51,60)(H,52,61);5H,1-4H2;2,5H,1H2/t22-,23-,24-,25-,26-,27-,28?,31-,32-,33-,34-,35-,36+,37+,38+,39+,40-,41+,42+,43+,44+,45+,46+,47+,48-;;/m1../s1. The normalized spacial score (nSPS) is 36.5. The minimum atomic E-state index is -2.28. The maximum atomic E-state index is 13.3. The highest BCUT2D eigenvalue weighted by Crippen LogP contribution is 2.37. The number of unbranched alkanes of at least 4 members (excludes halogenated alkanes) is 5. The Balaban J connectivity index is 0.000000878. The number of alkyl halides is 6. The number of nitrogens with one attached hydrogen (secondary N) is 2. The number of halogens is 6. The number of amides is 3. The molecule has 0 radical (unpaired) electrons. The molecule has 0 saturated carbocycles. The molecule has 1 aromatic heterocycles. The van der Waals surface area contributed by atoms with Gasteiger partial charge in [0.05, 0.1) is 52.4 Å². The number of hydrogen-bond acceptors (Lipinski definition) is 31. The minimum absolute atomic E-state index is 0.0176. The summed E-state index contributed by atoms with van der Waals surface area (Å²) in [6, 6.07) is 0. The first kappa shape index (κ1) is 82.0. The van der Waals surface area contributed by atoms with E-state index in [0.717, 1.165) is 41.7 Å². The molecule has 3 amide bonds. The van der Waals surface area contributed by atoms with Gasteiger partial charge in [0.2, 0.25) is 36.7 Å². The van der Waals surface area contributed by atoms with Gasteiger partial charge in [-0.1, -0.05) is 30.9 Å². The van der Waals surface area contributed by atoms with E-state index in [1.165, 1.54) is 6.20 Å². The first-order chi connectivity index (χ1) is 46.4. The summed E-state index contributed by atoms with van der Waals surface area (Å²) < 4.78 is 141. The molecule has 97 heavy (non-hydrogen) atoms. The number of aliphatic hydroxyl groups excluding tert-OH is 14. The molecular formula is C56H92F6N6O29. The van der Waals surface area contributed by atoms with E-state index >= 15 is 0 Å². The molecule has 7 saturated heterocycles. The number of carbonyl (C=O) groups excluding carboxylic acids is 3. The third-order valence-electron chi connectivity index (χ3n) is 16.4. The SMILES string of the molecule is O=C(CCCC(=O)NCc1cn(C(F)CF)nn1)NCCCCCCCCO[C@H]1O[C@H](CO[C@H]2O[C@H](CO[C@H]3O[C@H](CO)[C@@H](O)[C@@H]3O[C@@H]3O[C@H](CO)[C@@H](O)[C@@H]3O)[C@@H](O[C@H]3O[C@H](CO)[C@@H](O)[C@@H]3O[C@@H]3O[C@H](CO)[C@@H](O)[C@@H]3O)[C@@H]2O)[C@@H](O)[C@@H]1O.O=C1CCCN1C(F)CF.OC(F)CF. The predicted molar refractivity (Wildman–Crippen MR) is 304 cm³/mol. The second-order valence-corrected chi connectivity index (χ2v) is 23.5. The third kappa shape index (κ3) is 23.3. The highest BCUT2D eigenvalue weighted by atomic mass is 19.2. The van der Waals surface area contributed by atoms with Gasteiger partial charge in [-0.05, 0) is 25.7 Å². The van der Waals surface area contributed by atoms with Gasteiger partial charge in [0.15, 0.2) is 37.7 Å². The van der Waals surface area contributed by atoms with Crippen molar-refractivity contribution >= 4 is 17.7 Å². The molecule has 1 aromatic rings. The van der Waals surface area contributed by atoms with Crippen molar-refractivity contribution in [3.05, 3.63) is 11.9 Å². The number of likely N-dealkylation sites (tertiary alicyclic amines) is 1. The van der Waals surface area contributed by atoms with Crippen molar-refractivity contribution in [2.75, 3.05) is 79.4 Å². The average Bonchev–Trinajstić information content (AvgIpc) is 1.67. The van der Waals surface area contributed by atoms with Crippen LogP contribution < -0.4 is 10.6 Å². The summed E-state index contributed by atoms with van der Waals surface area (Å²) in [4.78, 5) is 36.0. The van der Waals surface area contributed by atoms with Crippen molar-refractivity contribution in [1.82, 2.24) is 30.5 Å². The topological polar surface area (TPSA) is 503 Å². The molecular weight excluding hydrogens is 1330 g/mol. The fraction of sp³-hybridized carbons (Fsp3) is 0.911. The number of carbonyl (C=O) groups is 3. The Labute approximate surface area is 551 Å². The Morgan fingerprint density at radius 3 is 1.53 bits per heavy atom. The Morgan fingerprint density at radius 2 is 0.979 bits per heavy atom. The molecule has 16 N–H and O–H groups in total. The van der Waals surface area contributed by atoms with Gasteiger partial charge in [-0.15, -0.1) is 5.10 Å². The molecule has 0 aliphatic carbocycles. The number of rotatable bonds is 37. The highest BCUT2D eigenvalue weighted by Gasteiger charge is 2.57. The van der Waals surface area contributed by atoms with Crippen molar-refractivity contribution in [2.45, 2.75) is 244 Å². The van der Waals surface area contributed by atoms with E-state index in [9.17, 15) is 107 Å². The molecule has 41 heteroatoms. The van der Waals surface area contributed by atoms with E-state index in [1.54, 1.807) is 0 Å². The van der Waals surface area contributed by atoms with E-state index in [0.29, 0.717) is 38.8 Å². The van der Waals surface area contributed by atoms with Crippen molar-refractivity contribution in [3.8, 4) is 0 Å². The van der Waals surface area contributed by atoms with Crippen LogP contribution in [0.4, 0.5) is 26.3 Å². The predicted octanol–water partition coefficient (Wildman–Crippen LogP) is -6.15. The van der Waals surface area contributed by atoms with Crippen LogP contribution in [0.3, 0.4) is 0 Å². The molecule has 7 fully saturated rings. The highest BCUT2D eigenvalue weighted by molar-refractivity contribution is 5.79. The molecule has 3 unspecified atom stereocenters. The number of ether oxygens (including phenoxy) is 12. The van der Waals surface area contributed by atoms with E-state index < -0.39 is 226 Å². The lowest BCUT2D eigenvalue weighted by Crippen LogP contribution is -2.48. The molecule has 0 bridgehead atoms. The van der Waals surface area contributed by atoms with Crippen LogP contribution in [0.5, 0.6) is 0 Å². The third-order valence-corrected chi connectivity index (χ3v) is 16.4. The van der Waals surface area contributed by atoms with E-state index in [4.69, 9.17) is 61.9 Å². The van der Waals surface area contributed by atoms with E-state index in [1.807, 2.05) is 0 Å². The molecule has 7 aliphatic heterocycles. The second-order valence-electron chi connectivity index (χ2n) is 23.5. The van der Waals surface area contributed by atoms with E-state index in [-0.39, 0.29) is 49.4 Å². The zero-order valence-corrected chi connectivity index (χ0v) is 52.6. The largest absolute Gasteiger partial charge is 0.394 e. The molecule has 0 spiro atoms. The van der Waals surface area contributed by atoms with Crippen LogP contribution in [0.15, 0.2) is 6.20 Å². The van der Waals surface area contributed by atoms with Gasteiger partial charge >= 0.3 is 0 Å². The van der Waals surface area contributed by atoms with Crippen molar-refractivity contribution in [1.29, 1.82) is 0 Å². The summed E-state index contributed by atoms with van der Waals surface area (Å²) in [5, 5.41) is 156. The summed E-state index contributed by atoms with van der Waals surface area (Å²) in [6.45, 7) is -6.76. The monoisotopic (exact) mass is 1430 g/mol. The lowest BCUT2D eigenvalue weighted by molar-refractivity contribution is -0.270. The van der Waals surface area contributed by atoms with Crippen molar-refractivity contribution in [3.63, 3.8) is 0 Å². The number of nitrogens with zero attached hydrogens (tertiary/aromatic N) is 4. The molecule has 8 heterocycles. The molecule has 0 aromatic carbocycles. The van der Waals surface area contributed by atoms with Crippen LogP contribution in [0.2, 0.25) is 0 Å².